The fourth-order valence-electron chi connectivity index (χ4n) is 6.88. The number of amides is 1. The van der Waals surface area contributed by atoms with Crippen LogP contribution in [0.4, 0.5) is 13.2 Å². The number of likely N-dealkylation sites (N-methyl/N-ethyl adjacent to an activating group) is 1. The molecule has 3 aliphatic carbocycles. The highest BCUT2D eigenvalue weighted by Gasteiger charge is 2.63. The highest BCUT2D eigenvalue weighted by Crippen LogP contribution is 2.54. The van der Waals surface area contributed by atoms with Crippen molar-refractivity contribution in [1.82, 2.24) is 10.2 Å². The Hall–Kier alpha value is -3.62. The number of halogens is 3. The van der Waals surface area contributed by atoms with Gasteiger partial charge in [0, 0.05) is 28.7 Å². The molecular formula is C27H30F3N3O8. The fraction of sp³-hybridized carbons (Fsp3) is 0.519. The Labute approximate surface area is 232 Å². The van der Waals surface area contributed by atoms with Crippen molar-refractivity contribution < 1.29 is 52.7 Å². The van der Waals surface area contributed by atoms with E-state index in [4.69, 9.17) is 5.73 Å². The predicted octanol–water partition coefficient (Wildman–Crippen LogP) is 1.83. The third-order valence-electron chi connectivity index (χ3n) is 8.77. The number of allylic oxidation sites excluding steroid dienone is 1. The first kappa shape index (κ1) is 28.9. The van der Waals surface area contributed by atoms with E-state index in [0.29, 0.717) is 19.4 Å². The first-order valence-electron chi connectivity index (χ1n) is 13.2. The standard InChI is InChI=1S/C27H30F3N3O8/c1-3-33(2)19-13-8-10-7-12-17(15(34)9-11(14-5-4-6-32-14)22(12)41-27(28,29)30)20(35)16(10)23(37)26(13,40)24(38)18(21(19)36)25(31)39/h9-10,13-14,19,32,34,36-37,40H,3-8H2,1-2H3,(H2,31,39)/t10-,13-,14?,19-,26-/m0/s1. The number of rotatable bonds is 5. The van der Waals surface area contributed by atoms with Crippen LogP contribution in [0.1, 0.15) is 53.7 Å². The van der Waals surface area contributed by atoms with Crippen molar-refractivity contribution in [3.8, 4) is 11.5 Å². The number of nitrogens with zero attached hydrogens (tertiary/aromatic N) is 1. The van der Waals surface area contributed by atoms with Crippen molar-refractivity contribution in [3.63, 3.8) is 0 Å². The zero-order chi connectivity index (χ0) is 30.2. The van der Waals surface area contributed by atoms with Crippen LogP contribution in [0.5, 0.6) is 11.5 Å². The smallest absolute Gasteiger partial charge is 0.510 e. The predicted molar refractivity (Wildman–Crippen MR) is 135 cm³/mol. The van der Waals surface area contributed by atoms with Crippen LogP contribution in [-0.4, -0.2) is 80.9 Å². The van der Waals surface area contributed by atoms with Gasteiger partial charge in [0.1, 0.15) is 28.6 Å². The zero-order valence-corrected chi connectivity index (χ0v) is 22.2. The Morgan fingerprint density at radius 3 is 2.51 bits per heavy atom. The topological polar surface area (TPSA) is 183 Å². The molecule has 1 aliphatic heterocycles. The van der Waals surface area contributed by atoms with Crippen LogP contribution >= 0.6 is 0 Å². The van der Waals surface area contributed by atoms with Gasteiger partial charge in [0.15, 0.2) is 11.4 Å². The van der Waals surface area contributed by atoms with E-state index in [0.717, 1.165) is 6.07 Å². The lowest BCUT2D eigenvalue weighted by molar-refractivity contribution is -0.275. The quantitative estimate of drug-likeness (QED) is 0.281. The van der Waals surface area contributed by atoms with E-state index in [9.17, 15) is 48.0 Å². The molecule has 0 aromatic heterocycles. The number of aliphatic hydroxyl groups excluding tert-OH is 2. The minimum absolute atomic E-state index is 0.0240. The average molecular weight is 582 g/mol. The van der Waals surface area contributed by atoms with E-state index in [1.165, 1.54) is 11.9 Å². The number of ketones is 2. The second kappa shape index (κ2) is 9.74. The Morgan fingerprint density at radius 1 is 1.27 bits per heavy atom. The normalized spacial score (nSPS) is 29.9. The number of fused-ring (bicyclic) bond motifs is 3. The third kappa shape index (κ3) is 4.27. The number of ether oxygens (including phenoxy) is 1. The molecule has 1 amide bonds. The van der Waals surface area contributed by atoms with Gasteiger partial charge in [-0.1, -0.05) is 6.92 Å². The number of carbonyl (C=O) groups excluding carboxylic acids is 3. The highest BCUT2D eigenvalue weighted by molar-refractivity contribution is 6.24. The maximum absolute atomic E-state index is 13.8. The molecule has 7 N–H and O–H groups in total. The minimum atomic E-state index is -5.13. The van der Waals surface area contributed by atoms with Crippen molar-refractivity contribution in [2.24, 2.45) is 17.6 Å². The molecule has 5 atom stereocenters. The molecule has 14 heteroatoms. The Kier molecular flexibility index (Phi) is 6.86. The van der Waals surface area contributed by atoms with Crippen LogP contribution in [0.25, 0.3) is 0 Å². The molecule has 1 aromatic rings. The lowest BCUT2D eigenvalue weighted by Gasteiger charge is -2.50. The number of nitrogens with one attached hydrogen (secondary N) is 1. The van der Waals surface area contributed by atoms with E-state index < -0.39 is 93.1 Å². The monoisotopic (exact) mass is 581 g/mol. The molecule has 1 unspecified atom stereocenters. The van der Waals surface area contributed by atoms with Gasteiger partial charge >= 0.3 is 6.36 Å². The number of alkyl halides is 3. The number of Topliss-reactive ketones (excluding diaryl/α,β-unsaturated/α-hetero) is 2. The number of aromatic hydroxyl groups is 1. The van der Waals surface area contributed by atoms with Gasteiger partial charge in [-0.05, 0) is 57.8 Å². The minimum Gasteiger partial charge on any atom is -0.510 e. The van der Waals surface area contributed by atoms with Crippen molar-refractivity contribution in [2.75, 3.05) is 20.1 Å². The number of benzene rings is 1. The SMILES string of the molecule is CCN(C)[C@@H]1C(O)=C(C(N)=O)C(=O)[C@@]2(O)C(O)=C3C(=O)c4c(O)cc(C5CCCN5)c(OC(F)(F)F)c4C[C@H]3C[C@@H]12. The summed E-state index contributed by atoms with van der Waals surface area (Å²) in [7, 11) is 1.53. The Morgan fingerprint density at radius 2 is 1.95 bits per heavy atom. The molecule has 1 fully saturated rings. The van der Waals surface area contributed by atoms with Gasteiger partial charge in [-0.25, -0.2) is 0 Å². The number of hydrogen-bond acceptors (Lipinski definition) is 10. The summed E-state index contributed by atoms with van der Waals surface area (Å²) in [5.74, 6) is -9.28. The van der Waals surface area contributed by atoms with Crippen LogP contribution in [-0.2, 0) is 16.0 Å². The first-order chi connectivity index (χ1) is 19.1. The second-order valence-electron chi connectivity index (χ2n) is 10.9. The molecule has 1 saturated heterocycles. The molecule has 1 aromatic carbocycles. The highest BCUT2D eigenvalue weighted by atomic mass is 19.4. The number of hydrogen-bond donors (Lipinski definition) is 6. The lowest BCUT2D eigenvalue weighted by Crippen LogP contribution is -2.64. The van der Waals surface area contributed by atoms with E-state index >= 15 is 0 Å². The second-order valence-corrected chi connectivity index (χ2v) is 10.9. The Bertz CT molecular complexity index is 1420. The average Bonchev–Trinajstić information content (AvgIpc) is 3.41. The molecular weight excluding hydrogens is 551 g/mol. The first-order valence-corrected chi connectivity index (χ1v) is 13.2. The number of phenols is 1. The molecule has 41 heavy (non-hydrogen) atoms. The molecule has 0 bridgehead atoms. The number of aliphatic hydroxyl groups is 3. The lowest BCUT2D eigenvalue weighted by atomic mass is 9.58. The summed E-state index contributed by atoms with van der Waals surface area (Å²) in [6, 6.07) is -0.768. The summed E-state index contributed by atoms with van der Waals surface area (Å²) in [5, 5.41) is 48.0. The van der Waals surface area contributed by atoms with Gasteiger partial charge in [-0.3, -0.25) is 19.3 Å². The molecule has 11 nitrogen and oxygen atoms in total. The van der Waals surface area contributed by atoms with Gasteiger partial charge in [0.05, 0.1) is 11.6 Å². The summed E-state index contributed by atoms with van der Waals surface area (Å²) in [5.41, 5.74) is 0.333. The number of phenolic OH excluding ortho intramolecular Hbond substituents is 1. The summed E-state index contributed by atoms with van der Waals surface area (Å²) >= 11 is 0. The van der Waals surface area contributed by atoms with Crippen LogP contribution < -0.4 is 15.8 Å². The van der Waals surface area contributed by atoms with Crippen molar-refractivity contribution >= 4 is 17.5 Å². The molecule has 1 heterocycles. The van der Waals surface area contributed by atoms with E-state index in [-0.39, 0.29) is 30.5 Å². The fourth-order valence-corrected chi connectivity index (χ4v) is 6.88. The van der Waals surface area contributed by atoms with Crippen LogP contribution in [0, 0.1) is 11.8 Å². The van der Waals surface area contributed by atoms with Gasteiger partial charge < -0.3 is 36.2 Å². The van der Waals surface area contributed by atoms with Crippen LogP contribution in [0.2, 0.25) is 0 Å². The molecule has 0 radical (unpaired) electrons. The van der Waals surface area contributed by atoms with Gasteiger partial charge in [-0.15, -0.1) is 13.2 Å². The molecule has 0 spiro atoms. The molecule has 222 valence electrons. The molecule has 4 aliphatic rings. The summed E-state index contributed by atoms with van der Waals surface area (Å²) in [6.45, 7) is 2.47. The van der Waals surface area contributed by atoms with Crippen molar-refractivity contribution in [1.29, 1.82) is 0 Å². The maximum Gasteiger partial charge on any atom is 0.573 e. The number of primary amides is 1. The van der Waals surface area contributed by atoms with Crippen LogP contribution in [0.3, 0.4) is 0 Å². The summed E-state index contributed by atoms with van der Waals surface area (Å²) < 4.78 is 45.3. The third-order valence-corrected chi connectivity index (χ3v) is 8.77. The summed E-state index contributed by atoms with van der Waals surface area (Å²) in [6.07, 6.45) is -4.57. The zero-order valence-electron chi connectivity index (χ0n) is 22.2. The number of carbonyl (C=O) groups is 3. The number of nitrogens with two attached hydrogens (primary N) is 1. The largest absolute Gasteiger partial charge is 0.573 e. The summed E-state index contributed by atoms with van der Waals surface area (Å²) in [4.78, 5) is 40.8. The van der Waals surface area contributed by atoms with E-state index in [1.54, 1.807) is 6.92 Å². The van der Waals surface area contributed by atoms with Crippen molar-refractivity contribution in [3.05, 3.63) is 45.4 Å². The molecule has 5 rings (SSSR count). The maximum atomic E-state index is 13.8. The van der Waals surface area contributed by atoms with E-state index in [2.05, 4.69) is 10.1 Å². The Balaban J connectivity index is 1.72. The van der Waals surface area contributed by atoms with Gasteiger partial charge in [0.25, 0.3) is 5.91 Å². The van der Waals surface area contributed by atoms with Gasteiger partial charge in [-0.2, -0.15) is 0 Å². The van der Waals surface area contributed by atoms with Crippen molar-refractivity contribution in [2.45, 2.75) is 56.7 Å². The van der Waals surface area contributed by atoms with E-state index in [1.807, 2.05) is 0 Å². The van der Waals surface area contributed by atoms with Gasteiger partial charge in [0.2, 0.25) is 5.78 Å². The molecule has 0 saturated carbocycles. The van der Waals surface area contributed by atoms with Crippen LogP contribution in [0.15, 0.2) is 28.7 Å².